The van der Waals surface area contributed by atoms with Crippen LogP contribution in [0.1, 0.15) is 11.1 Å². The maximum atomic E-state index is 12.9. The lowest BCUT2D eigenvalue weighted by atomic mass is 10.1. The molecule has 0 unspecified atom stereocenters. The highest BCUT2D eigenvalue weighted by atomic mass is 19.1. The number of hydrogen-bond donors (Lipinski definition) is 2. The van der Waals surface area contributed by atoms with Gasteiger partial charge >= 0.3 is 11.7 Å². The van der Waals surface area contributed by atoms with E-state index in [1.165, 1.54) is 18.2 Å². The van der Waals surface area contributed by atoms with Gasteiger partial charge in [0.05, 0.1) is 23.5 Å². The molecule has 0 radical (unpaired) electrons. The van der Waals surface area contributed by atoms with Crippen molar-refractivity contribution in [3.63, 3.8) is 0 Å². The zero-order chi connectivity index (χ0) is 18.6. The Balaban J connectivity index is 0.000000185. The number of para-hydroxylation sites is 2. The molecular weight excluding hydrogens is 338 g/mol. The van der Waals surface area contributed by atoms with Crippen molar-refractivity contribution in [3.05, 3.63) is 69.3 Å². The second kappa shape index (κ2) is 7.47. The number of carboxylic acid groups (broad SMARTS) is 1. The fourth-order valence-corrected chi connectivity index (χ4v) is 2.28. The molecule has 0 saturated heterocycles. The van der Waals surface area contributed by atoms with E-state index in [1.54, 1.807) is 12.1 Å². The normalized spacial score (nSPS) is 11.8. The predicted molar refractivity (Wildman–Crippen MR) is 83.1 cm³/mol. The molecule has 130 valence electrons. The molecule has 0 fully saturated rings. The van der Waals surface area contributed by atoms with Crippen LogP contribution < -0.4 is 5.32 Å². The van der Waals surface area contributed by atoms with Crippen LogP contribution in [0.5, 0.6) is 0 Å². The molecule has 0 spiro atoms. The number of rotatable bonds is 3. The maximum absolute atomic E-state index is 12.9. The number of carbonyl (C=O) groups is 2. The van der Waals surface area contributed by atoms with Crippen LogP contribution in [0.4, 0.5) is 20.2 Å². The minimum atomic E-state index is -1.24. The first-order chi connectivity index (χ1) is 11.8. The molecule has 7 nitrogen and oxygen atoms in total. The molecule has 0 saturated carbocycles. The molecule has 2 N–H and O–H groups in total. The van der Waals surface area contributed by atoms with E-state index in [1.807, 2.05) is 0 Å². The van der Waals surface area contributed by atoms with Crippen molar-refractivity contribution in [2.24, 2.45) is 0 Å². The van der Waals surface area contributed by atoms with Gasteiger partial charge in [0.2, 0.25) is 11.7 Å². The standard InChI is InChI=1S/C8H6FNO4.C8H6FNO/c9-6-3-1-2-5(4-7(11)12)8(6)10(13)14;9-6-3-1-2-5-4-7(11)10-8(5)6/h1-3H,4H2,(H,11,12);1-3H,4H2,(H,10,11). The van der Waals surface area contributed by atoms with Crippen molar-refractivity contribution < 1.29 is 28.4 Å². The van der Waals surface area contributed by atoms with Gasteiger partial charge in [0, 0.05) is 5.56 Å². The predicted octanol–water partition coefficient (Wildman–Crippen LogP) is 2.68. The average molecular weight is 350 g/mol. The Morgan fingerprint density at radius 2 is 1.84 bits per heavy atom. The fraction of sp³-hybridized carbons (Fsp3) is 0.125. The van der Waals surface area contributed by atoms with E-state index in [2.05, 4.69) is 5.32 Å². The summed E-state index contributed by atoms with van der Waals surface area (Å²) >= 11 is 0. The van der Waals surface area contributed by atoms with Gasteiger partial charge in [0.1, 0.15) is 5.82 Å². The van der Waals surface area contributed by atoms with Crippen molar-refractivity contribution >= 4 is 23.3 Å². The number of benzene rings is 2. The van der Waals surface area contributed by atoms with Crippen molar-refractivity contribution in [1.82, 2.24) is 0 Å². The van der Waals surface area contributed by atoms with Gasteiger partial charge in [0.15, 0.2) is 0 Å². The highest BCUT2D eigenvalue weighted by Gasteiger charge is 2.21. The summed E-state index contributed by atoms with van der Waals surface area (Å²) in [5.41, 5.74) is 0.185. The monoisotopic (exact) mass is 350 g/mol. The van der Waals surface area contributed by atoms with E-state index in [0.717, 1.165) is 11.6 Å². The van der Waals surface area contributed by atoms with E-state index >= 15 is 0 Å². The van der Waals surface area contributed by atoms with Crippen LogP contribution in [0.25, 0.3) is 0 Å². The van der Waals surface area contributed by atoms with Crippen LogP contribution in [-0.2, 0) is 22.4 Å². The van der Waals surface area contributed by atoms with Crippen molar-refractivity contribution in [3.8, 4) is 0 Å². The quantitative estimate of drug-likeness (QED) is 0.653. The van der Waals surface area contributed by atoms with E-state index in [0.29, 0.717) is 12.1 Å². The molecule has 0 atom stereocenters. The molecule has 9 heteroatoms. The number of nitrogens with zero attached hydrogens (tertiary/aromatic N) is 1. The molecule has 0 bridgehead atoms. The zero-order valence-electron chi connectivity index (χ0n) is 12.7. The second-order valence-corrected chi connectivity index (χ2v) is 5.07. The van der Waals surface area contributed by atoms with Crippen molar-refractivity contribution in [1.29, 1.82) is 0 Å². The number of nitro groups is 1. The second-order valence-electron chi connectivity index (χ2n) is 5.07. The molecule has 25 heavy (non-hydrogen) atoms. The Morgan fingerprint density at radius 3 is 2.44 bits per heavy atom. The van der Waals surface area contributed by atoms with Gasteiger partial charge in [-0.05, 0) is 17.7 Å². The third-order valence-corrected chi connectivity index (χ3v) is 3.31. The summed E-state index contributed by atoms with van der Waals surface area (Å²) in [6.45, 7) is 0. The Bertz CT molecular complexity index is 854. The van der Waals surface area contributed by atoms with E-state index < -0.39 is 28.8 Å². The minimum absolute atomic E-state index is 0.134. The Hall–Kier alpha value is -3.36. The Labute approximate surface area is 140 Å². The minimum Gasteiger partial charge on any atom is -0.481 e. The van der Waals surface area contributed by atoms with Crippen LogP contribution in [0.15, 0.2) is 36.4 Å². The lowest BCUT2D eigenvalue weighted by molar-refractivity contribution is -0.388. The first-order valence-electron chi connectivity index (χ1n) is 7.00. The number of anilines is 1. The lowest BCUT2D eigenvalue weighted by Gasteiger charge is -1.99. The third kappa shape index (κ3) is 4.34. The maximum Gasteiger partial charge on any atom is 0.308 e. The molecule has 3 rings (SSSR count). The molecule has 1 aliphatic heterocycles. The lowest BCUT2D eigenvalue weighted by Crippen LogP contribution is -2.05. The molecule has 0 aliphatic carbocycles. The third-order valence-electron chi connectivity index (χ3n) is 3.31. The van der Waals surface area contributed by atoms with Gasteiger partial charge in [-0.1, -0.05) is 24.3 Å². The van der Waals surface area contributed by atoms with E-state index in [-0.39, 0.29) is 17.3 Å². The average Bonchev–Trinajstić information content (AvgIpc) is 2.89. The highest BCUT2D eigenvalue weighted by molar-refractivity contribution is 5.99. The number of nitrogens with one attached hydrogen (secondary N) is 1. The molecule has 1 heterocycles. The molecule has 2 aromatic carbocycles. The van der Waals surface area contributed by atoms with Crippen LogP contribution >= 0.6 is 0 Å². The summed E-state index contributed by atoms with van der Waals surface area (Å²) in [5.74, 6) is -2.74. The Kier molecular flexibility index (Phi) is 5.38. The SMILES string of the molecule is O=C(O)Cc1cccc(F)c1[N+](=O)[O-].O=C1Cc2cccc(F)c2N1. The topological polar surface area (TPSA) is 110 Å². The fourth-order valence-electron chi connectivity index (χ4n) is 2.28. The van der Waals surface area contributed by atoms with Crippen LogP contribution in [0.3, 0.4) is 0 Å². The molecular formula is C16H12F2N2O5. The van der Waals surface area contributed by atoms with E-state index in [9.17, 15) is 28.5 Å². The van der Waals surface area contributed by atoms with Crippen molar-refractivity contribution in [2.45, 2.75) is 12.8 Å². The number of amides is 1. The number of carbonyl (C=O) groups excluding carboxylic acids is 1. The van der Waals surface area contributed by atoms with Gasteiger partial charge in [0.25, 0.3) is 0 Å². The van der Waals surface area contributed by atoms with Gasteiger partial charge < -0.3 is 10.4 Å². The zero-order valence-corrected chi connectivity index (χ0v) is 12.7. The molecule has 2 aromatic rings. The van der Waals surface area contributed by atoms with Crippen molar-refractivity contribution in [2.75, 3.05) is 5.32 Å². The number of fused-ring (bicyclic) bond motifs is 1. The molecule has 0 aromatic heterocycles. The number of aliphatic carboxylic acids is 1. The van der Waals surface area contributed by atoms with Gasteiger partial charge in [-0.3, -0.25) is 19.7 Å². The highest BCUT2D eigenvalue weighted by Crippen LogP contribution is 2.25. The van der Waals surface area contributed by atoms with Crippen LogP contribution in [0.2, 0.25) is 0 Å². The van der Waals surface area contributed by atoms with Gasteiger partial charge in [-0.2, -0.15) is 4.39 Å². The summed E-state index contributed by atoms with van der Waals surface area (Å²) in [5, 5.41) is 21.3. The molecule has 1 aliphatic rings. The number of halogens is 2. The number of carboxylic acids is 1. The van der Waals surface area contributed by atoms with E-state index in [4.69, 9.17) is 5.11 Å². The molecule has 1 amide bonds. The smallest absolute Gasteiger partial charge is 0.308 e. The number of hydrogen-bond acceptors (Lipinski definition) is 4. The largest absolute Gasteiger partial charge is 0.481 e. The first-order valence-corrected chi connectivity index (χ1v) is 7.00. The van der Waals surface area contributed by atoms with Gasteiger partial charge in [-0.25, -0.2) is 4.39 Å². The summed E-state index contributed by atoms with van der Waals surface area (Å²) in [6, 6.07) is 8.06. The summed E-state index contributed by atoms with van der Waals surface area (Å²) in [6.07, 6.45) is -0.263. The number of nitro benzene ring substituents is 1. The first kappa shape index (κ1) is 18.0. The summed E-state index contributed by atoms with van der Waals surface area (Å²) in [7, 11) is 0. The Morgan fingerprint density at radius 1 is 1.20 bits per heavy atom. The van der Waals surface area contributed by atoms with Crippen LogP contribution in [0, 0.1) is 21.7 Å². The van der Waals surface area contributed by atoms with Gasteiger partial charge in [-0.15, -0.1) is 0 Å². The summed E-state index contributed by atoms with van der Waals surface area (Å²) < 4.78 is 25.8. The van der Waals surface area contributed by atoms with Crippen LogP contribution in [-0.4, -0.2) is 21.9 Å². The summed E-state index contributed by atoms with van der Waals surface area (Å²) in [4.78, 5) is 30.6.